The minimum absolute atomic E-state index is 0.201. The fourth-order valence-electron chi connectivity index (χ4n) is 4.44. The van der Waals surface area contributed by atoms with E-state index < -0.39 is 0 Å². The Morgan fingerprint density at radius 3 is 2.65 bits per heavy atom. The Hall–Kier alpha value is -3.34. The molecule has 0 spiro atoms. The summed E-state index contributed by atoms with van der Waals surface area (Å²) in [4.78, 5) is 29.9. The van der Waals surface area contributed by atoms with Gasteiger partial charge < -0.3 is 14.6 Å². The molecule has 1 aliphatic heterocycles. The number of anilines is 1. The first-order chi connectivity index (χ1) is 14.9. The molecule has 4 rings (SSSR count). The van der Waals surface area contributed by atoms with E-state index in [4.69, 9.17) is 4.74 Å². The second-order valence-electron chi connectivity index (χ2n) is 8.57. The van der Waals surface area contributed by atoms with Crippen molar-refractivity contribution in [3.8, 4) is 0 Å². The molecule has 5 nitrogen and oxygen atoms in total. The second-order valence-corrected chi connectivity index (χ2v) is 8.57. The maximum absolute atomic E-state index is 12.5. The number of rotatable bonds is 7. The van der Waals surface area contributed by atoms with Crippen LogP contribution in [0.15, 0.2) is 66.5 Å². The lowest BCUT2D eigenvalue weighted by molar-refractivity contribution is -0.147. The van der Waals surface area contributed by atoms with Crippen molar-refractivity contribution >= 4 is 28.3 Å². The second kappa shape index (κ2) is 8.42. The molecule has 3 aromatic rings. The molecule has 0 saturated carbocycles. The van der Waals surface area contributed by atoms with Crippen LogP contribution in [0.2, 0.25) is 0 Å². The monoisotopic (exact) mass is 416 g/mol. The van der Waals surface area contributed by atoms with Gasteiger partial charge in [0.1, 0.15) is 0 Å². The number of nitrogens with one attached hydrogen (secondary N) is 1. The zero-order chi connectivity index (χ0) is 22.0. The number of hydrogen-bond donors (Lipinski definition) is 1. The maximum atomic E-state index is 12.5. The predicted octanol–water partition coefficient (Wildman–Crippen LogP) is 4.91. The average molecular weight is 417 g/mol. The van der Waals surface area contributed by atoms with Gasteiger partial charge in [0.05, 0.1) is 0 Å². The quantitative estimate of drug-likeness (QED) is 0.439. The number of esters is 1. The summed E-state index contributed by atoms with van der Waals surface area (Å²) in [5.74, 6) is -0.540. The normalized spacial score (nSPS) is 16.0. The Labute approximate surface area is 182 Å². The number of aromatic nitrogens is 1. The van der Waals surface area contributed by atoms with Crippen LogP contribution in [0.3, 0.4) is 0 Å². The van der Waals surface area contributed by atoms with Gasteiger partial charge in [0.15, 0.2) is 12.4 Å². The fourth-order valence-corrected chi connectivity index (χ4v) is 4.44. The SMILES string of the molecule is CN1/C(=C\C(=O)COC(=O)CCCc2c[nH]c3ccccc23)C(C)(C)c2ccccc21. The van der Waals surface area contributed by atoms with Crippen molar-refractivity contribution < 1.29 is 14.3 Å². The molecule has 0 amide bonds. The molecule has 2 heterocycles. The van der Waals surface area contributed by atoms with Crippen LogP contribution in [-0.2, 0) is 26.2 Å². The van der Waals surface area contributed by atoms with Crippen LogP contribution in [0, 0.1) is 0 Å². The first-order valence-electron chi connectivity index (χ1n) is 10.7. The number of ether oxygens (including phenoxy) is 1. The van der Waals surface area contributed by atoms with Gasteiger partial charge in [0.25, 0.3) is 0 Å². The Morgan fingerprint density at radius 1 is 1.10 bits per heavy atom. The molecule has 0 bridgehead atoms. The minimum atomic E-state index is -0.339. The van der Waals surface area contributed by atoms with Crippen molar-refractivity contribution in [3.05, 3.63) is 77.6 Å². The molecule has 160 valence electrons. The smallest absolute Gasteiger partial charge is 0.306 e. The lowest BCUT2D eigenvalue weighted by Crippen LogP contribution is -2.25. The summed E-state index contributed by atoms with van der Waals surface area (Å²) in [5.41, 5.74) is 5.21. The van der Waals surface area contributed by atoms with E-state index in [2.05, 4.69) is 37.0 Å². The zero-order valence-corrected chi connectivity index (χ0v) is 18.3. The number of carbonyl (C=O) groups is 2. The Balaban J connectivity index is 1.29. The first kappa shape index (κ1) is 20.9. The first-order valence-corrected chi connectivity index (χ1v) is 10.7. The molecule has 0 saturated heterocycles. The van der Waals surface area contributed by atoms with Crippen molar-refractivity contribution in [2.75, 3.05) is 18.6 Å². The lowest BCUT2D eigenvalue weighted by atomic mass is 9.83. The third-order valence-corrected chi connectivity index (χ3v) is 6.12. The molecule has 5 heteroatoms. The Kier molecular flexibility index (Phi) is 5.68. The van der Waals surface area contributed by atoms with Gasteiger partial charge in [-0.25, -0.2) is 0 Å². The molecule has 0 unspecified atom stereocenters. The number of ketones is 1. The largest absolute Gasteiger partial charge is 0.457 e. The summed E-state index contributed by atoms with van der Waals surface area (Å²) in [7, 11) is 1.96. The van der Waals surface area contributed by atoms with Crippen molar-refractivity contribution in [2.24, 2.45) is 0 Å². The van der Waals surface area contributed by atoms with Crippen LogP contribution in [0.5, 0.6) is 0 Å². The van der Waals surface area contributed by atoms with Crippen LogP contribution >= 0.6 is 0 Å². The Bertz CT molecular complexity index is 1160. The summed E-state index contributed by atoms with van der Waals surface area (Å²) in [5, 5.41) is 1.18. The summed E-state index contributed by atoms with van der Waals surface area (Å²) < 4.78 is 5.24. The molecule has 0 aliphatic carbocycles. The van der Waals surface area contributed by atoms with Crippen molar-refractivity contribution in [2.45, 2.75) is 38.5 Å². The highest BCUT2D eigenvalue weighted by atomic mass is 16.5. The summed E-state index contributed by atoms with van der Waals surface area (Å²) >= 11 is 0. The average Bonchev–Trinajstić information content (AvgIpc) is 3.26. The zero-order valence-electron chi connectivity index (χ0n) is 18.3. The molecular weight excluding hydrogens is 388 g/mol. The number of nitrogens with zero attached hydrogens (tertiary/aromatic N) is 1. The number of hydrogen-bond acceptors (Lipinski definition) is 4. The van der Waals surface area contributed by atoms with Gasteiger partial charge in [-0.3, -0.25) is 9.59 Å². The van der Waals surface area contributed by atoms with E-state index in [0.29, 0.717) is 12.8 Å². The van der Waals surface area contributed by atoms with Crippen LogP contribution in [-0.4, -0.2) is 30.4 Å². The summed E-state index contributed by atoms with van der Waals surface area (Å²) in [6.45, 7) is 3.98. The van der Waals surface area contributed by atoms with E-state index in [0.717, 1.165) is 23.3 Å². The number of aromatic amines is 1. The van der Waals surface area contributed by atoms with E-state index in [9.17, 15) is 9.59 Å². The van der Waals surface area contributed by atoms with Crippen LogP contribution in [0.4, 0.5) is 5.69 Å². The molecule has 1 N–H and O–H groups in total. The molecule has 1 aliphatic rings. The number of fused-ring (bicyclic) bond motifs is 2. The Morgan fingerprint density at radius 2 is 1.84 bits per heavy atom. The molecule has 0 radical (unpaired) electrons. The number of allylic oxidation sites excluding steroid dienone is 1. The molecule has 31 heavy (non-hydrogen) atoms. The van der Waals surface area contributed by atoms with E-state index >= 15 is 0 Å². The van der Waals surface area contributed by atoms with E-state index in [1.165, 1.54) is 16.5 Å². The number of likely N-dealkylation sites (N-methyl/N-ethyl adjacent to an activating group) is 1. The van der Waals surface area contributed by atoms with E-state index in [-0.39, 0.29) is 23.8 Å². The van der Waals surface area contributed by atoms with Gasteiger partial charge in [-0.15, -0.1) is 0 Å². The van der Waals surface area contributed by atoms with Crippen molar-refractivity contribution in [1.29, 1.82) is 0 Å². The molecule has 0 fully saturated rings. The van der Waals surface area contributed by atoms with Gasteiger partial charge in [-0.05, 0) is 36.1 Å². The summed E-state index contributed by atoms with van der Waals surface area (Å²) in [6.07, 6.45) is 5.36. The highest BCUT2D eigenvalue weighted by Gasteiger charge is 2.38. The standard InChI is InChI=1S/C26H28N2O3/c1-26(2)21-11-5-7-13-23(21)28(3)24(26)15-19(29)17-31-25(30)14-8-9-18-16-27-22-12-6-4-10-20(18)22/h4-7,10-13,15-16,27H,8-9,14,17H2,1-3H3/b24-15-. The minimum Gasteiger partial charge on any atom is -0.457 e. The van der Waals surface area contributed by atoms with Crippen LogP contribution in [0.1, 0.15) is 37.8 Å². The van der Waals surface area contributed by atoms with Gasteiger partial charge in [-0.1, -0.05) is 50.2 Å². The molecular formula is C26H28N2O3. The number of carbonyl (C=O) groups excluding carboxylic acids is 2. The number of para-hydroxylation sites is 2. The van der Waals surface area contributed by atoms with Gasteiger partial charge in [0, 0.05) is 53.4 Å². The highest BCUT2D eigenvalue weighted by Crippen LogP contribution is 2.46. The molecule has 1 aromatic heterocycles. The van der Waals surface area contributed by atoms with Crippen molar-refractivity contribution in [1.82, 2.24) is 4.98 Å². The van der Waals surface area contributed by atoms with Crippen LogP contribution in [0.25, 0.3) is 10.9 Å². The lowest BCUT2D eigenvalue weighted by Gasteiger charge is -2.23. The third kappa shape index (κ3) is 4.13. The molecule has 0 atom stereocenters. The maximum Gasteiger partial charge on any atom is 0.306 e. The summed E-state index contributed by atoms with van der Waals surface area (Å²) in [6, 6.07) is 16.3. The number of benzene rings is 2. The van der Waals surface area contributed by atoms with Gasteiger partial charge >= 0.3 is 5.97 Å². The van der Waals surface area contributed by atoms with E-state index in [1.54, 1.807) is 6.08 Å². The van der Waals surface area contributed by atoms with E-state index in [1.807, 2.05) is 48.5 Å². The number of aryl methyl sites for hydroxylation is 1. The predicted molar refractivity (Wildman–Crippen MR) is 123 cm³/mol. The van der Waals surface area contributed by atoms with Crippen molar-refractivity contribution in [3.63, 3.8) is 0 Å². The number of H-pyrrole nitrogens is 1. The highest BCUT2D eigenvalue weighted by molar-refractivity contribution is 5.94. The van der Waals surface area contributed by atoms with Gasteiger partial charge in [-0.2, -0.15) is 0 Å². The van der Waals surface area contributed by atoms with Gasteiger partial charge in [0.2, 0.25) is 0 Å². The fraction of sp³-hybridized carbons (Fsp3) is 0.308. The third-order valence-electron chi connectivity index (χ3n) is 6.12. The molecule has 2 aromatic carbocycles. The van der Waals surface area contributed by atoms with Crippen LogP contribution < -0.4 is 4.90 Å². The topological polar surface area (TPSA) is 62.4 Å².